The van der Waals surface area contributed by atoms with E-state index in [0.29, 0.717) is 24.9 Å². The Morgan fingerprint density at radius 2 is 1.86 bits per heavy atom. The summed E-state index contributed by atoms with van der Waals surface area (Å²) in [6.45, 7) is 0. The van der Waals surface area contributed by atoms with Gasteiger partial charge in [-0.1, -0.05) is 30.3 Å². The standard InChI is InChI=1S/C17H17N3O/c18-12-11-13-5-8-15(9-6-13)20-17(21)10-7-14-3-1-2-4-16(14)19/h1-6,8-9H,7,10-11,19H2,(H,20,21). The average Bonchev–Trinajstić information content (AvgIpc) is 2.49. The van der Waals surface area contributed by atoms with E-state index in [4.69, 9.17) is 11.0 Å². The summed E-state index contributed by atoms with van der Waals surface area (Å²) in [5.41, 5.74) is 9.22. The third kappa shape index (κ3) is 4.36. The topological polar surface area (TPSA) is 78.9 Å². The van der Waals surface area contributed by atoms with Crippen LogP contribution >= 0.6 is 0 Å². The van der Waals surface area contributed by atoms with Crippen LogP contribution in [0, 0.1) is 11.3 Å². The van der Waals surface area contributed by atoms with E-state index < -0.39 is 0 Å². The molecule has 0 aliphatic carbocycles. The van der Waals surface area contributed by atoms with Crippen molar-refractivity contribution in [3.8, 4) is 6.07 Å². The lowest BCUT2D eigenvalue weighted by Crippen LogP contribution is -2.12. The van der Waals surface area contributed by atoms with Crippen molar-refractivity contribution >= 4 is 17.3 Å². The van der Waals surface area contributed by atoms with Gasteiger partial charge < -0.3 is 11.1 Å². The van der Waals surface area contributed by atoms with E-state index in [2.05, 4.69) is 11.4 Å². The van der Waals surface area contributed by atoms with E-state index >= 15 is 0 Å². The highest BCUT2D eigenvalue weighted by molar-refractivity contribution is 5.90. The molecular formula is C17H17N3O. The molecule has 0 fully saturated rings. The zero-order valence-electron chi connectivity index (χ0n) is 11.7. The number of rotatable bonds is 5. The van der Waals surface area contributed by atoms with Gasteiger partial charge in [0.15, 0.2) is 0 Å². The van der Waals surface area contributed by atoms with Gasteiger partial charge in [-0.25, -0.2) is 0 Å². The van der Waals surface area contributed by atoms with Crippen LogP contribution < -0.4 is 11.1 Å². The Morgan fingerprint density at radius 1 is 1.14 bits per heavy atom. The molecule has 106 valence electrons. The molecule has 0 aliphatic rings. The highest BCUT2D eigenvalue weighted by Crippen LogP contribution is 2.14. The molecule has 4 heteroatoms. The van der Waals surface area contributed by atoms with E-state index in [-0.39, 0.29) is 5.91 Å². The largest absolute Gasteiger partial charge is 0.399 e. The second-order valence-corrected chi connectivity index (χ2v) is 4.78. The molecule has 0 bridgehead atoms. The summed E-state index contributed by atoms with van der Waals surface area (Å²) in [4.78, 5) is 11.9. The van der Waals surface area contributed by atoms with E-state index in [1.807, 2.05) is 36.4 Å². The number of hydrogen-bond donors (Lipinski definition) is 2. The summed E-state index contributed by atoms with van der Waals surface area (Å²) in [6.07, 6.45) is 1.38. The lowest BCUT2D eigenvalue weighted by molar-refractivity contribution is -0.116. The molecule has 0 spiro atoms. The number of hydrogen-bond acceptors (Lipinski definition) is 3. The lowest BCUT2D eigenvalue weighted by Gasteiger charge is -2.07. The molecule has 2 aromatic carbocycles. The zero-order chi connectivity index (χ0) is 15.1. The second kappa shape index (κ2) is 7.11. The lowest BCUT2D eigenvalue weighted by atomic mass is 10.1. The normalized spacial score (nSPS) is 9.86. The van der Waals surface area contributed by atoms with Gasteiger partial charge in [0.1, 0.15) is 0 Å². The molecule has 0 aromatic heterocycles. The maximum atomic E-state index is 11.9. The third-order valence-electron chi connectivity index (χ3n) is 3.20. The zero-order valence-corrected chi connectivity index (χ0v) is 11.7. The minimum atomic E-state index is -0.0497. The van der Waals surface area contributed by atoms with Crippen molar-refractivity contribution in [2.24, 2.45) is 0 Å². The molecule has 0 aliphatic heterocycles. The maximum absolute atomic E-state index is 11.9. The first-order chi connectivity index (χ1) is 10.2. The minimum Gasteiger partial charge on any atom is -0.399 e. The quantitative estimate of drug-likeness (QED) is 0.826. The van der Waals surface area contributed by atoms with Gasteiger partial charge >= 0.3 is 0 Å². The first-order valence-electron chi connectivity index (χ1n) is 6.78. The molecule has 4 nitrogen and oxygen atoms in total. The predicted octanol–water partition coefficient (Wildman–Crippen LogP) is 2.91. The van der Waals surface area contributed by atoms with Crippen molar-refractivity contribution in [3.05, 3.63) is 59.7 Å². The number of nitrogen functional groups attached to an aromatic ring is 1. The van der Waals surface area contributed by atoms with Crippen molar-refractivity contribution in [2.75, 3.05) is 11.1 Å². The van der Waals surface area contributed by atoms with Crippen LogP contribution in [0.5, 0.6) is 0 Å². The van der Waals surface area contributed by atoms with Crippen molar-refractivity contribution in [1.82, 2.24) is 0 Å². The molecule has 0 heterocycles. The van der Waals surface area contributed by atoms with Crippen molar-refractivity contribution in [2.45, 2.75) is 19.3 Å². The van der Waals surface area contributed by atoms with Crippen LogP contribution in [-0.2, 0) is 17.6 Å². The van der Waals surface area contributed by atoms with Crippen LogP contribution in [0.2, 0.25) is 0 Å². The number of para-hydroxylation sites is 1. The van der Waals surface area contributed by atoms with Crippen molar-refractivity contribution in [3.63, 3.8) is 0 Å². The Labute approximate surface area is 124 Å². The van der Waals surface area contributed by atoms with Gasteiger partial charge in [0.25, 0.3) is 0 Å². The molecule has 2 rings (SSSR count). The van der Waals surface area contributed by atoms with Crippen LogP contribution in [0.1, 0.15) is 17.5 Å². The molecule has 2 aromatic rings. The molecule has 0 unspecified atom stereocenters. The number of nitrogens with two attached hydrogens (primary N) is 1. The van der Waals surface area contributed by atoms with Crippen LogP contribution in [0.25, 0.3) is 0 Å². The highest BCUT2D eigenvalue weighted by Gasteiger charge is 2.05. The fourth-order valence-electron chi connectivity index (χ4n) is 2.03. The third-order valence-corrected chi connectivity index (χ3v) is 3.20. The number of amides is 1. The average molecular weight is 279 g/mol. The molecule has 0 saturated heterocycles. The van der Waals surface area contributed by atoms with Crippen LogP contribution in [-0.4, -0.2) is 5.91 Å². The number of nitriles is 1. The molecule has 21 heavy (non-hydrogen) atoms. The first-order valence-corrected chi connectivity index (χ1v) is 6.78. The van der Waals surface area contributed by atoms with Crippen LogP contribution in [0.3, 0.4) is 0 Å². The Bertz CT molecular complexity index is 656. The van der Waals surface area contributed by atoms with Gasteiger partial charge in [0.2, 0.25) is 5.91 Å². The Hall–Kier alpha value is -2.80. The van der Waals surface area contributed by atoms with Crippen molar-refractivity contribution < 1.29 is 4.79 Å². The molecule has 3 N–H and O–H groups in total. The number of benzene rings is 2. The second-order valence-electron chi connectivity index (χ2n) is 4.78. The van der Waals surface area contributed by atoms with E-state index in [1.165, 1.54) is 0 Å². The number of nitrogens with one attached hydrogen (secondary N) is 1. The summed E-state index contributed by atoms with van der Waals surface area (Å²) < 4.78 is 0. The summed E-state index contributed by atoms with van der Waals surface area (Å²) in [5, 5.41) is 11.4. The summed E-state index contributed by atoms with van der Waals surface area (Å²) in [6, 6.07) is 16.9. The predicted molar refractivity (Wildman–Crippen MR) is 83.6 cm³/mol. The van der Waals surface area contributed by atoms with Gasteiger partial charge in [-0.3, -0.25) is 4.79 Å². The van der Waals surface area contributed by atoms with Crippen LogP contribution in [0.15, 0.2) is 48.5 Å². The van der Waals surface area contributed by atoms with E-state index in [1.54, 1.807) is 12.1 Å². The van der Waals surface area contributed by atoms with E-state index in [0.717, 1.165) is 16.8 Å². The molecular weight excluding hydrogens is 262 g/mol. The van der Waals surface area contributed by atoms with Gasteiger partial charge in [0.05, 0.1) is 12.5 Å². The van der Waals surface area contributed by atoms with Crippen molar-refractivity contribution in [1.29, 1.82) is 5.26 Å². The number of carbonyl (C=O) groups excluding carboxylic acids is 1. The fraction of sp³-hybridized carbons (Fsp3) is 0.176. The Balaban J connectivity index is 1.87. The summed E-state index contributed by atoms with van der Waals surface area (Å²) in [7, 11) is 0. The summed E-state index contributed by atoms with van der Waals surface area (Å²) >= 11 is 0. The number of aryl methyl sites for hydroxylation is 1. The molecule has 0 saturated carbocycles. The number of carbonyl (C=O) groups is 1. The fourth-order valence-corrected chi connectivity index (χ4v) is 2.03. The minimum absolute atomic E-state index is 0.0497. The number of nitrogens with zero attached hydrogens (tertiary/aromatic N) is 1. The van der Waals surface area contributed by atoms with Gasteiger partial charge in [-0.05, 0) is 35.7 Å². The Morgan fingerprint density at radius 3 is 2.52 bits per heavy atom. The molecule has 0 atom stereocenters. The Kier molecular flexibility index (Phi) is 4.94. The summed E-state index contributed by atoms with van der Waals surface area (Å²) in [5.74, 6) is -0.0497. The van der Waals surface area contributed by atoms with Gasteiger partial charge in [0, 0.05) is 17.8 Å². The monoisotopic (exact) mass is 279 g/mol. The molecule has 0 radical (unpaired) electrons. The smallest absolute Gasteiger partial charge is 0.224 e. The van der Waals surface area contributed by atoms with Gasteiger partial charge in [-0.15, -0.1) is 0 Å². The van der Waals surface area contributed by atoms with Gasteiger partial charge in [-0.2, -0.15) is 5.26 Å². The SMILES string of the molecule is N#CCc1ccc(NC(=O)CCc2ccccc2N)cc1. The first kappa shape index (κ1) is 14.6. The number of anilines is 2. The highest BCUT2D eigenvalue weighted by atomic mass is 16.1. The van der Waals surface area contributed by atoms with Crippen LogP contribution in [0.4, 0.5) is 11.4 Å². The maximum Gasteiger partial charge on any atom is 0.224 e. The van der Waals surface area contributed by atoms with E-state index in [9.17, 15) is 4.79 Å². The molecule has 1 amide bonds.